The van der Waals surface area contributed by atoms with Crippen LogP contribution in [0.4, 0.5) is 11.6 Å². The third-order valence-corrected chi connectivity index (χ3v) is 5.24. The third-order valence-electron chi connectivity index (χ3n) is 5.24. The van der Waals surface area contributed by atoms with Gasteiger partial charge in [-0.05, 0) is 49.2 Å². The molecule has 0 radical (unpaired) electrons. The van der Waals surface area contributed by atoms with Crippen LogP contribution in [0, 0.1) is 6.92 Å². The molecule has 6 nitrogen and oxygen atoms in total. The van der Waals surface area contributed by atoms with Gasteiger partial charge in [0.2, 0.25) is 5.95 Å². The lowest BCUT2D eigenvalue weighted by Gasteiger charge is -2.25. The van der Waals surface area contributed by atoms with Crippen molar-refractivity contribution in [1.29, 1.82) is 0 Å². The number of hydrogen-bond acceptors (Lipinski definition) is 6. The molecule has 1 atom stereocenters. The molecule has 2 aromatic carbocycles. The van der Waals surface area contributed by atoms with E-state index in [-0.39, 0.29) is 11.7 Å². The van der Waals surface area contributed by atoms with E-state index < -0.39 is 0 Å². The second kappa shape index (κ2) is 7.91. The average Bonchev–Trinajstić information content (AvgIpc) is 2.73. The second-order valence-electron chi connectivity index (χ2n) is 7.08. The molecule has 0 aliphatic heterocycles. The number of nitrogens with one attached hydrogen (secondary N) is 1. The van der Waals surface area contributed by atoms with Crippen LogP contribution in [-0.4, -0.2) is 30.0 Å². The van der Waals surface area contributed by atoms with E-state index in [9.17, 15) is 4.79 Å². The fraction of sp³-hybridized carbons (Fsp3) is 0.261. The van der Waals surface area contributed by atoms with E-state index in [1.54, 1.807) is 14.2 Å². The summed E-state index contributed by atoms with van der Waals surface area (Å²) in [4.78, 5) is 22.1. The van der Waals surface area contributed by atoms with E-state index in [1.165, 1.54) is 0 Å². The van der Waals surface area contributed by atoms with Crippen LogP contribution in [-0.2, 0) is 6.42 Å². The Morgan fingerprint density at radius 3 is 2.45 bits per heavy atom. The van der Waals surface area contributed by atoms with Gasteiger partial charge in [-0.3, -0.25) is 4.79 Å². The summed E-state index contributed by atoms with van der Waals surface area (Å²) in [5.74, 6) is 2.18. The minimum Gasteiger partial charge on any atom is -0.497 e. The molecular formula is C23H23N3O3. The number of ketones is 1. The van der Waals surface area contributed by atoms with Crippen LogP contribution >= 0.6 is 0 Å². The van der Waals surface area contributed by atoms with Crippen molar-refractivity contribution in [3.8, 4) is 11.5 Å². The Balaban J connectivity index is 1.65. The van der Waals surface area contributed by atoms with E-state index in [1.807, 2.05) is 55.5 Å². The predicted molar refractivity (Wildman–Crippen MR) is 111 cm³/mol. The molecule has 1 aliphatic rings. The number of hydrogen-bond donors (Lipinski definition) is 1. The topological polar surface area (TPSA) is 73.3 Å². The molecule has 0 unspecified atom stereocenters. The highest BCUT2D eigenvalue weighted by Crippen LogP contribution is 2.37. The number of Topliss-reactive ketones (excluding diaryl/α,β-unsaturated/α-hetero) is 1. The molecule has 148 valence electrons. The van der Waals surface area contributed by atoms with E-state index in [2.05, 4.69) is 15.3 Å². The molecule has 0 amide bonds. The second-order valence-corrected chi connectivity index (χ2v) is 7.08. The van der Waals surface area contributed by atoms with Gasteiger partial charge in [-0.2, -0.15) is 0 Å². The first kappa shape index (κ1) is 18.9. The molecule has 1 aliphatic carbocycles. The minimum atomic E-state index is 0.0364. The van der Waals surface area contributed by atoms with Crippen molar-refractivity contribution in [2.45, 2.75) is 25.7 Å². The number of aromatic nitrogens is 2. The monoisotopic (exact) mass is 389 g/mol. The van der Waals surface area contributed by atoms with Crippen LogP contribution in [0.5, 0.6) is 11.5 Å². The molecule has 0 spiro atoms. The zero-order chi connectivity index (χ0) is 20.4. The van der Waals surface area contributed by atoms with Gasteiger partial charge in [-0.1, -0.05) is 18.2 Å². The summed E-state index contributed by atoms with van der Waals surface area (Å²) in [6.07, 6.45) is 1.10. The number of carbonyl (C=O) groups excluding carboxylic acids is 1. The normalized spacial score (nSPS) is 15.6. The molecule has 1 aromatic heterocycles. The van der Waals surface area contributed by atoms with Crippen molar-refractivity contribution in [2.24, 2.45) is 0 Å². The largest absolute Gasteiger partial charge is 0.497 e. The van der Waals surface area contributed by atoms with Crippen LogP contribution in [0.25, 0.3) is 0 Å². The van der Waals surface area contributed by atoms with Crippen LogP contribution < -0.4 is 14.8 Å². The van der Waals surface area contributed by atoms with Crippen LogP contribution in [0.3, 0.4) is 0 Å². The van der Waals surface area contributed by atoms with Gasteiger partial charge in [0.15, 0.2) is 5.78 Å². The van der Waals surface area contributed by atoms with E-state index >= 15 is 0 Å². The maximum absolute atomic E-state index is 12.9. The van der Waals surface area contributed by atoms with Crippen molar-refractivity contribution in [3.05, 3.63) is 71.0 Å². The standard InChI is InChI=1S/C23H23N3O3/c1-14-22-19(26-23(24-14)25-16-8-10-17(28-2)11-9-16)12-15(13-20(22)27)18-6-4-5-7-21(18)29-3/h4-11,15H,12-13H2,1-3H3,(H,24,25,26)/t15-/m0/s1. The lowest BCUT2D eigenvalue weighted by molar-refractivity contribution is 0.0961. The smallest absolute Gasteiger partial charge is 0.227 e. The van der Waals surface area contributed by atoms with Crippen LogP contribution in [0.1, 0.15) is 39.6 Å². The highest BCUT2D eigenvalue weighted by Gasteiger charge is 2.31. The van der Waals surface area contributed by atoms with Crippen molar-refractivity contribution in [1.82, 2.24) is 9.97 Å². The summed E-state index contributed by atoms with van der Waals surface area (Å²) in [5, 5.41) is 3.22. The summed E-state index contributed by atoms with van der Waals surface area (Å²) in [5.41, 5.74) is 4.02. The summed E-state index contributed by atoms with van der Waals surface area (Å²) in [6, 6.07) is 15.4. The van der Waals surface area contributed by atoms with Gasteiger partial charge in [0.25, 0.3) is 0 Å². The number of anilines is 2. The van der Waals surface area contributed by atoms with E-state index in [0.29, 0.717) is 30.0 Å². The van der Waals surface area contributed by atoms with E-state index in [4.69, 9.17) is 9.47 Å². The Kier molecular flexibility index (Phi) is 5.16. The van der Waals surface area contributed by atoms with Crippen molar-refractivity contribution >= 4 is 17.4 Å². The zero-order valence-corrected chi connectivity index (χ0v) is 16.7. The third kappa shape index (κ3) is 3.78. The summed E-state index contributed by atoms with van der Waals surface area (Å²) in [6.45, 7) is 1.86. The fourth-order valence-electron chi connectivity index (χ4n) is 3.86. The first-order valence-electron chi connectivity index (χ1n) is 9.53. The number of para-hydroxylation sites is 1. The van der Waals surface area contributed by atoms with Gasteiger partial charge in [0, 0.05) is 18.0 Å². The Morgan fingerprint density at radius 2 is 1.72 bits per heavy atom. The first-order chi connectivity index (χ1) is 14.1. The molecule has 0 bridgehead atoms. The van der Waals surface area contributed by atoms with E-state index in [0.717, 1.165) is 28.4 Å². The molecule has 3 aromatic rings. The van der Waals surface area contributed by atoms with Crippen molar-refractivity contribution in [3.63, 3.8) is 0 Å². The number of nitrogens with zero attached hydrogens (tertiary/aromatic N) is 2. The SMILES string of the molecule is COc1ccc(Nc2nc(C)c3c(n2)C[C@H](c2ccccc2OC)CC3=O)cc1. The first-order valence-corrected chi connectivity index (χ1v) is 9.53. The molecule has 6 heteroatoms. The van der Waals surface area contributed by atoms with Crippen molar-refractivity contribution < 1.29 is 14.3 Å². The number of fused-ring (bicyclic) bond motifs is 1. The summed E-state index contributed by atoms with van der Waals surface area (Å²) in [7, 11) is 3.29. The molecule has 0 fully saturated rings. The Morgan fingerprint density at radius 1 is 0.966 bits per heavy atom. The van der Waals surface area contributed by atoms with Crippen LogP contribution in [0.2, 0.25) is 0 Å². The molecule has 29 heavy (non-hydrogen) atoms. The quantitative estimate of drug-likeness (QED) is 0.695. The molecule has 0 saturated carbocycles. The maximum atomic E-state index is 12.9. The van der Waals surface area contributed by atoms with Gasteiger partial charge in [-0.25, -0.2) is 9.97 Å². The van der Waals surface area contributed by atoms with Gasteiger partial charge >= 0.3 is 0 Å². The highest BCUT2D eigenvalue weighted by molar-refractivity contribution is 6.00. The predicted octanol–water partition coefficient (Wildman–Crippen LogP) is 4.46. The lowest BCUT2D eigenvalue weighted by Crippen LogP contribution is -2.23. The molecule has 4 rings (SSSR count). The Labute approximate surface area is 169 Å². The average molecular weight is 389 g/mol. The van der Waals surface area contributed by atoms with Gasteiger partial charge in [0.1, 0.15) is 11.5 Å². The van der Waals surface area contributed by atoms with Gasteiger partial charge < -0.3 is 14.8 Å². The number of ether oxygens (including phenoxy) is 2. The lowest BCUT2D eigenvalue weighted by atomic mass is 9.81. The fourth-order valence-corrected chi connectivity index (χ4v) is 3.86. The Bertz CT molecular complexity index is 1050. The zero-order valence-electron chi connectivity index (χ0n) is 16.7. The summed E-state index contributed by atoms with van der Waals surface area (Å²) >= 11 is 0. The molecule has 0 saturated heterocycles. The molecule has 1 heterocycles. The van der Waals surface area contributed by atoms with Gasteiger partial charge in [0.05, 0.1) is 31.2 Å². The minimum absolute atomic E-state index is 0.0364. The summed E-state index contributed by atoms with van der Waals surface area (Å²) < 4.78 is 10.7. The maximum Gasteiger partial charge on any atom is 0.227 e. The van der Waals surface area contributed by atoms with Crippen molar-refractivity contribution in [2.75, 3.05) is 19.5 Å². The highest BCUT2D eigenvalue weighted by atomic mass is 16.5. The number of rotatable bonds is 5. The number of carbonyl (C=O) groups is 1. The number of methoxy groups -OCH3 is 2. The number of aryl methyl sites for hydroxylation is 1. The molecule has 1 N–H and O–H groups in total. The van der Waals surface area contributed by atoms with Gasteiger partial charge in [-0.15, -0.1) is 0 Å². The van der Waals surface area contributed by atoms with Crippen LogP contribution in [0.15, 0.2) is 48.5 Å². The number of benzene rings is 2. The Hall–Kier alpha value is -3.41. The molecular weight excluding hydrogens is 366 g/mol.